The Bertz CT molecular complexity index is 606. The molecule has 0 aliphatic heterocycles. The predicted octanol–water partition coefficient (Wildman–Crippen LogP) is 2.43. The molecule has 0 bridgehead atoms. The van der Waals surface area contributed by atoms with Gasteiger partial charge in [-0.25, -0.2) is 8.42 Å². The lowest BCUT2D eigenvalue weighted by Crippen LogP contribution is -2.55. The molecule has 20 heavy (non-hydrogen) atoms. The van der Waals surface area contributed by atoms with E-state index in [0.29, 0.717) is 18.4 Å². The van der Waals surface area contributed by atoms with Crippen molar-refractivity contribution in [2.75, 3.05) is 0 Å². The lowest BCUT2D eigenvalue weighted by molar-refractivity contribution is 0.465. The van der Waals surface area contributed by atoms with E-state index >= 15 is 0 Å². The van der Waals surface area contributed by atoms with Gasteiger partial charge in [0.2, 0.25) is 10.0 Å². The summed E-state index contributed by atoms with van der Waals surface area (Å²) < 4.78 is 27.9. The van der Waals surface area contributed by atoms with Crippen LogP contribution in [-0.2, 0) is 10.0 Å². The van der Waals surface area contributed by atoms with Gasteiger partial charge in [0.05, 0.1) is 15.4 Å². The van der Waals surface area contributed by atoms with E-state index in [4.69, 9.17) is 18.0 Å². The van der Waals surface area contributed by atoms with E-state index < -0.39 is 15.6 Å². The number of hydrogen-bond acceptors (Lipinski definition) is 3. The van der Waals surface area contributed by atoms with Gasteiger partial charge in [0.25, 0.3) is 0 Å². The quantitative estimate of drug-likeness (QED) is 0.791. The minimum atomic E-state index is -3.66. The Morgan fingerprint density at radius 3 is 2.30 bits per heavy atom. The van der Waals surface area contributed by atoms with Gasteiger partial charge >= 0.3 is 0 Å². The minimum absolute atomic E-state index is 0.177. The van der Waals surface area contributed by atoms with Gasteiger partial charge in [-0.2, -0.15) is 4.72 Å². The number of hydrogen-bond donors (Lipinski definition) is 2. The second kappa shape index (κ2) is 6.20. The highest BCUT2D eigenvalue weighted by Crippen LogP contribution is 2.23. The Morgan fingerprint density at radius 1 is 1.30 bits per heavy atom. The Kier molecular flexibility index (Phi) is 5.29. The van der Waals surface area contributed by atoms with Gasteiger partial charge in [-0.3, -0.25) is 0 Å². The first kappa shape index (κ1) is 17.1. The molecule has 0 aliphatic rings. The summed E-state index contributed by atoms with van der Waals surface area (Å²) in [6.45, 7) is 7.37. The summed E-state index contributed by atoms with van der Waals surface area (Å²) in [5.41, 5.74) is 6.47. The molecule has 0 radical (unpaired) electrons. The van der Waals surface area contributed by atoms with Crippen LogP contribution in [0.2, 0.25) is 0 Å². The molecule has 0 aliphatic carbocycles. The molecule has 3 N–H and O–H groups in total. The first-order valence-corrected chi connectivity index (χ1v) is 8.49. The van der Waals surface area contributed by atoms with E-state index in [-0.39, 0.29) is 9.88 Å². The Hall–Kier alpha value is -0.980. The molecule has 0 heterocycles. The first-order valence-electron chi connectivity index (χ1n) is 6.59. The second-order valence-corrected chi connectivity index (χ2v) is 7.12. The largest absolute Gasteiger partial charge is 0.392 e. The van der Waals surface area contributed by atoms with Crippen LogP contribution in [0.1, 0.15) is 37.8 Å². The van der Waals surface area contributed by atoms with E-state index in [1.807, 2.05) is 26.8 Å². The van der Waals surface area contributed by atoms with E-state index in [1.165, 1.54) is 0 Å². The first-order chi connectivity index (χ1) is 9.18. The molecule has 0 saturated carbocycles. The fourth-order valence-corrected chi connectivity index (χ4v) is 4.36. The summed E-state index contributed by atoms with van der Waals surface area (Å²) in [5.74, 6) is 0. The summed E-state index contributed by atoms with van der Waals surface area (Å²) >= 11 is 5.05. The van der Waals surface area contributed by atoms with E-state index in [2.05, 4.69) is 4.72 Å². The molecule has 0 amide bonds. The number of thiocarbonyl (C=S) groups is 1. The zero-order valence-electron chi connectivity index (χ0n) is 12.4. The van der Waals surface area contributed by atoms with Gasteiger partial charge < -0.3 is 5.73 Å². The van der Waals surface area contributed by atoms with E-state index in [9.17, 15) is 8.42 Å². The normalized spacial score (nSPS) is 12.4. The Labute approximate surface area is 126 Å². The molecule has 0 spiro atoms. The average Bonchev–Trinajstić information content (AvgIpc) is 2.38. The molecule has 0 aromatic heterocycles. The summed E-state index contributed by atoms with van der Waals surface area (Å²) in [6.07, 6.45) is 1.03. The van der Waals surface area contributed by atoms with Crippen LogP contribution in [0, 0.1) is 13.8 Å². The Morgan fingerprint density at radius 2 is 1.85 bits per heavy atom. The lowest BCUT2D eigenvalue weighted by Gasteiger charge is -2.31. The number of benzene rings is 1. The van der Waals surface area contributed by atoms with Crippen molar-refractivity contribution < 1.29 is 8.42 Å². The number of sulfonamides is 1. The third-order valence-electron chi connectivity index (χ3n) is 3.64. The molecule has 1 aromatic carbocycles. The molecular weight excluding hydrogens is 292 g/mol. The van der Waals surface area contributed by atoms with Gasteiger partial charge in [0, 0.05) is 0 Å². The third-order valence-corrected chi connectivity index (χ3v) is 5.71. The summed E-state index contributed by atoms with van der Waals surface area (Å²) in [5, 5.41) is 0. The molecule has 0 saturated heterocycles. The summed E-state index contributed by atoms with van der Waals surface area (Å²) in [4.78, 5) is 0.455. The lowest BCUT2D eigenvalue weighted by atomic mass is 9.94. The SMILES string of the molecule is CCC(CC)(NS(=O)(=O)c1cc(C)ccc1C)C(N)=S. The molecule has 6 heteroatoms. The maximum atomic E-state index is 12.6. The van der Waals surface area contributed by atoms with Crippen molar-refractivity contribution in [3.05, 3.63) is 29.3 Å². The van der Waals surface area contributed by atoms with Crippen LogP contribution in [0.15, 0.2) is 23.1 Å². The minimum Gasteiger partial charge on any atom is -0.392 e. The molecule has 1 aromatic rings. The smallest absolute Gasteiger partial charge is 0.241 e. The zero-order valence-corrected chi connectivity index (χ0v) is 14.0. The molecule has 112 valence electrons. The number of nitrogens with one attached hydrogen (secondary N) is 1. The van der Waals surface area contributed by atoms with E-state index in [1.54, 1.807) is 19.1 Å². The molecule has 0 atom stereocenters. The number of aryl methyl sites for hydroxylation is 2. The van der Waals surface area contributed by atoms with Crippen molar-refractivity contribution in [3.63, 3.8) is 0 Å². The van der Waals surface area contributed by atoms with Crippen molar-refractivity contribution >= 4 is 27.2 Å². The van der Waals surface area contributed by atoms with Crippen molar-refractivity contribution in [1.82, 2.24) is 4.72 Å². The van der Waals surface area contributed by atoms with Crippen molar-refractivity contribution in [2.24, 2.45) is 5.73 Å². The zero-order chi connectivity index (χ0) is 15.6. The topological polar surface area (TPSA) is 72.2 Å². The number of rotatable bonds is 6. The van der Waals surface area contributed by atoms with Crippen LogP contribution < -0.4 is 10.5 Å². The molecule has 4 nitrogen and oxygen atoms in total. The highest BCUT2D eigenvalue weighted by atomic mass is 32.2. The van der Waals surface area contributed by atoms with Gasteiger partial charge in [-0.1, -0.05) is 38.2 Å². The highest BCUT2D eigenvalue weighted by Gasteiger charge is 2.35. The maximum absolute atomic E-state index is 12.6. The van der Waals surface area contributed by atoms with Gasteiger partial charge in [0.15, 0.2) is 0 Å². The van der Waals surface area contributed by atoms with Gasteiger partial charge in [-0.05, 0) is 43.9 Å². The van der Waals surface area contributed by atoms with Crippen LogP contribution in [0.25, 0.3) is 0 Å². The second-order valence-electron chi connectivity index (χ2n) is 5.03. The summed E-state index contributed by atoms with van der Waals surface area (Å²) in [6, 6.07) is 5.34. The predicted molar refractivity (Wildman–Crippen MR) is 86.3 cm³/mol. The average molecular weight is 314 g/mol. The van der Waals surface area contributed by atoms with Gasteiger partial charge in [-0.15, -0.1) is 0 Å². The fourth-order valence-electron chi connectivity index (χ4n) is 2.10. The molecular formula is C14H22N2O2S2. The number of nitrogens with two attached hydrogens (primary N) is 1. The maximum Gasteiger partial charge on any atom is 0.241 e. The van der Waals surface area contributed by atoms with Crippen LogP contribution in [0.4, 0.5) is 0 Å². The van der Waals surface area contributed by atoms with E-state index in [0.717, 1.165) is 5.56 Å². The standard InChI is InChI=1S/C14H22N2O2S2/c1-5-14(6-2,13(15)19)16-20(17,18)12-9-10(3)7-8-11(12)4/h7-9,16H,5-6H2,1-4H3,(H2,15,19). The van der Waals surface area contributed by atoms with Gasteiger partial charge in [0.1, 0.15) is 0 Å². The molecule has 1 rings (SSSR count). The van der Waals surface area contributed by atoms with Crippen molar-refractivity contribution in [1.29, 1.82) is 0 Å². The fraction of sp³-hybridized carbons (Fsp3) is 0.500. The monoisotopic (exact) mass is 314 g/mol. The third kappa shape index (κ3) is 3.37. The van der Waals surface area contributed by atoms with Crippen LogP contribution in [0.5, 0.6) is 0 Å². The summed E-state index contributed by atoms with van der Waals surface area (Å²) in [7, 11) is -3.66. The molecule has 0 unspecified atom stereocenters. The highest BCUT2D eigenvalue weighted by molar-refractivity contribution is 7.89. The molecule has 0 fully saturated rings. The Balaban J connectivity index is 3.30. The van der Waals surface area contributed by atoms with Crippen molar-refractivity contribution in [2.45, 2.75) is 51.0 Å². The van der Waals surface area contributed by atoms with Crippen LogP contribution in [0.3, 0.4) is 0 Å². The van der Waals surface area contributed by atoms with Crippen LogP contribution in [-0.4, -0.2) is 18.9 Å². The van der Waals surface area contributed by atoms with Crippen LogP contribution >= 0.6 is 12.2 Å². The van der Waals surface area contributed by atoms with Crippen molar-refractivity contribution in [3.8, 4) is 0 Å².